The Kier molecular flexibility index (Phi) is 6.71. The molecule has 0 spiro atoms. The van der Waals surface area contributed by atoms with Crippen LogP contribution in [0.3, 0.4) is 0 Å². The number of aryl methyl sites for hydroxylation is 1. The van der Waals surface area contributed by atoms with Crippen LogP contribution in [0.25, 0.3) is 0 Å². The molecule has 1 aromatic carbocycles. The molecule has 1 aromatic heterocycles. The maximum absolute atomic E-state index is 6.23. The van der Waals surface area contributed by atoms with Gasteiger partial charge in [0.15, 0.2) is 0 Å². The minimum Gasteiger partial charge on any atom is -0.314 e. The number of nitrogens with one attached hydrogen (secondary N) is 1. The first-order chi connectivity index (χ1) is 10.3. The van der Waals surface area contributed by atoms with Crippen LogP contribution in [0.2, 0.25) is 5.02 Å². The molecule has 21 heavy (non-hydrogen) atoms. The number of halogens is 1. The normalized spacial score (nSPS) is 12.3. The molecule has 0 aliphatic rings. The number of nitrogens with zero attached hydrogens (tertiary/aromatic N) is 1. The van der Waals surface area contributed by atoms with Crippen molar-refractivity contribution in [2.24, 2.45) is 0 Å². The Morgan fingerprint density at radius 3 is 2.71 bits per heavy atom. The Hall–Kier alpha value is -1.38. The fourth-order valence-corrected chi connectivity index (χ4v) is 2.64. The monoisotopic (exact) mass is 302 g/mol. The maximum Gasteiger partial charge on any atom is 0.0621 e. The van der Waals surface area contributed by atoms with Crippen molar-refractivity contribution in [2.75, 3.05) is 6.54 Å². The highest BCUT2D eigenvalue weighted by Crippen LogP contribution is 2.17. The van der Waals surface area contributed by atoms with E-state index in [2.05, 4.69) is 47.6 Å². The van der Waals surface area contributed by atoms with Gasteiger partial charge in [0.2, 0.25) is 0 Å². The summed E-state index contributed by atoms with van der Waals surface area (Å²) in [4.78, 5) is 4.06. The van der Waals surface area contributed by atoms with Gasteiger partial charge in [-0.2, -0.15) is 0 Å². The van der Waals surface area contributed by atoms with Crippen molar-refractivity contribution in [1.82, 2.24) is 10.3 Å². The minimum atomic E-state index is 0.449. The van der Waals surface area contributed by atoms with Crippen LogP contribution >= 0.6 is 11.6 Å². The Bertz CT molecular complexity index is 528. The lowest BCUT2D eigenvalue weighted by atomic mass is 9.99. The van der Waals surface area contributed by atoms with Crippen molar-refractivity contribution in [2.45, 2.75) is 38.6 Å². The van der Waals surface area contributed by atoms with E-state index >= 15 is 0 Å². The van der Waals surface area contributed by atoms with E-state index in [-0.39, 0.29) is 0 Å². The molecule has 2 nitrogen and oxygen atoms in total. The van der Waals surface area contributed by atoms with Crippen molar-refractivity contribution < 1.29 is 0 Å². The van der Waals surface area contributed by atoms with Gasteiger partial charge in [-0.25, -0.2) is 0 Å². The first-order valence-electron chi connectivity index (χ1n) is 7.65. The predicted molar refractivity (Wildman–Crippen MR) is 89.8 cm³/mol. The first-order valence-corrected chi connectivity index (χ1v) is 8.03. The summed E-state index contributed by atoms with van der Waals surface area (Å²) in [7, 11) is 0. The average molecular weight is 303 g/mol. The molecule has 112 valence electrons. The van der Waals surface area contributed by atoms with Crippen LogP contribution in [0.15, 0.2) is 48.8 Å². The number of hydrogen-bond acceptors (Lipinski definition) is 2. The fraction of sp³-hybridized carbons (Fsp3) is 0.389. The van der Waals surface area contributed by atoms with E-state index in [0.29, 0.717) is 6.04 Å². The standard InChI is InChI=1S/C18H23ClN2/c1-2-11-21-17(9-8-15-6-4-3-5-7-15)13-16-10-12-20-14-18(16)19/h3-7,10,12,14,17,21H,2,8-9,11,13H2,1H3. The lowest BCUT2D eigenvalue weighted by molar-refractivity contribution is 0.477. The van der Waals surface area contributed by atoms with E-state index in [1.807, 2.05) is 12.3 Å². The Labute approximate surface area is 132 Å². The van der Waals surface area contributed by atoms with E-state index in [1.165, 1.54) is 11.1 Å². The molecule has 2 aromatic rings. The predicted octanol–water partition coefficient (Wildman–Crippen LogP) is 4.28. The van der Waals surface area contributed by atoms with Crippen molar-refractivity contribution >= 4 is 11.6 Å². The van der Waals surface area contributed by atoms with Gasteiger partial charge in [0.25, 0.3) is 0 Å². The maximum atomic E-state index is 6.23. The number of rotatable bonds is 8. The topological polar surface area (TPSA) is 24.9 Å². The van der Waals surface area contributed by atoms with Crippen LogP contribution in [0, 0.1) is 0 Å². The summed E-state index contributed by atoms with van der Waals surface area (Å²) in [6.07, 6.45) is 7.84. The number of aromatic nitrogens is 1. The summed E-state index contributed by atoms with van der Waals surface area (Å²) in [5, 5.41) is 4.40. The Morgan fingerprint density at radius 2 is 2.00 bits per heavy atom. The van der Waals surface area contributed by atoms with Gasteiger partial charge in [0.1, 0.15) is 0 Å². The van der Waals surface area contributed by atoms with E-state index in [1.54, 1.807) is 6.20 Å². The molecule has 1 atom stereocenters. The highest BCUT2D eigenvalue weighted by Gasteiger charge is 2.11. The molecule has 0 saturated heterocycles. The highest BCUT2D eigenvalue weighted by molar-refractivity contribution is 6.31. The summed E-state index contributed by atoms with van der Waals surface area (Å²) >= 11 is 6.23. The molecule has 2 rings (SSSR count). The second kappa shape index (κ2) is 8.81. The van der Waals surface area contributed by atoms with Crippen LogP contribution in [0.5, 0.6) is 0 Å². The molecule has 1 N–H and O–H groups in total. The van der Waals surface area contributed by atoms with E-state index in [0.717, 1.165) is 37.3 Å². The zero-order valence-corrected chi connectivity index (χ0v) is 13.3. The molecule has 1 unspecified atom stereocenters. The van der Waals surface area contributed by atoms with Gasteiger partial charge in [0.05, 0.1) is 5.02 Å². The fourth-order valence-electron chi connectivity index (χ4n) is 2.45. The molecule has 0 aliphatic carbocycles. The number of hydrogen-bond donors (Lipinski definition) is 1. The van der Waals surface area contributed by atoms with E-state index in [4.69, 9.17) is 11.6 Å². The Morgan fingerprint density at radius 1 is 1.19 bits per heavy atom. The lowest BCUT2D eigenvalue weighted by Crippen LogP contribution is -2.32. The number of pyridine rings is 1. The lowest BCUT2D eigenvalue weighted by Gasteiger charge is -2.19. The average Bonchev–Trinajstić information content (AvgIpc) is 2.53. The quantitative estimate of drug-likeness (QED) is 0.787. The molecule has 0 fully saturated rings. The summed E-state index contributed by atoms with van der Waals surface area (Å²) < 4.78 is 0. The van der Waals surface area contributed by atoms with Crippen LogP contribution in [-0.4, -0.2) is 17.6 Å². The highest BCUT2D eigenvalue weighted by atomic mass is 35.5. The number of benzene rings is 1. The van der Waals surface area contributed by atoms with E-state index < -0.39 is 0 Å². The zero-order chi connectivity index (χ0) is 14.9. The third kappa shape index (κ3) is 5.49. The zero-order valence-electron chi connectivity index (χ0n) is 12.6. The van der Waals surface area contributed by atoms with Crippen molar-refractivity contribution in [1.29, 1.82) is 0 Å². The molecule has 0 amide bonds. The van der Waals surface area contributed by atoms with Gasteiger partial charge in [0, 0.05) is 18.4 Å². The van der Waals surface area contributed by atoms with Gasteiger partial charge in [-0.1, -0.05) is 48.9 Å². The van der Waals surface area contributed by atoms with Gasteiger partial charge in [-0.15, -0.1) is 0 Å². The van der Waals surface area contributed by atoms with Crippen molar-refractivity contribution in [3.05, 3.63) is 64.9 Å². The molecule has 1 heterocycles. The van der Waals surface area contributed by atoms with Crippen molar-refractivity contribution in [3.63, 3.8) is 0 Å². The second-order valence-electron chi connectivity index (χ2n) is 5.35. The summed E-state index contributed by atoms with van der Waals surface area (Å²) in [5.74, 6) is 0. The SMILES string of the molecule is CCCNC(CCc1ccccc1)Cc1ccncc1Cl. The van der Waals surface area contributed by atoms with Crippen LogP contribution < -0.4 is 5.32 Å². The molecule has 0 radical (unpaired) electrons. The molecule has 3 heteroatoms. The summed E-state index contributed by atoms with van der Waals surface area (Å²) in [6.45, 7) is 3.24. The van der Waals surface area contributed by atoms with Gasteiger partial charge in [-0.05, 0) is 49.4 Å². The molecule has 0 saturated carbocycles. The third-order valence-corrected chi connectivity index (χ3v) is 3.97. The molecule has 0 aliphatic heterocycles. The van der Waals surface area contributed by atoms with E-state index in [9.17, 15) is 0 Å². The van der Waals surface area contributed by atoms with Crippen LogP contribution in [0.4, 0.5) is 0 Å². The van der Waals surface area contributed by atoms with Crippen molar-refractivity contribution in [3.8, 4) is 0 Å². The third-order valence-electron chi connectivity index (χ3n) is 3.63. The van der Waals surface area contributed by atoms with Gasteiger partial charge < -0.3 is 5.32 Å². The first kappa shape index (κ1) is 16.0. The summed E-state index contributed by atoms with van der Waals surface area (Å²) in [6, 6.07) is 13.1. The second-order valence-corrected chi connectivity index (χ2v) is 5.75. The smallest absolute Gasteiger partial charge is 0.0621 e. The molecule has 0 bridgehead atoms. The minimum absolute atomic E-state index is 0.449. The summed E-state index contributed by atoms with van der Waals surface area (Å²) in [5.41, 5.74) is 2.56. The Balaban J connectivity index is 1.96. The van der Waals surface area contributed by atoms with Crippen LogP contribution in [-0.2, 0) is 12.8 Å². The van der Waals surface area contributed by atoms with Gasteiger partial charge >= 0.3 is 0 Å². The molecular formula is C18H23ClN2. The largest absolute Gasteiger partial charge is 0.314 e. The van der Waals surface area contributed by atoms with Crippen LogP contribution in [0.1, 0.15) is 30.9 Å². The van der Waals surface area contributed by atoms with Gasteiger partial charge in [-0.3, -0.25) is 4.98 Å². The molecular weight excluding hydrogens is 280 g/mol.